The van der Waals surface area contributed by atoms with Gasteiger partial charge in [0.15, 0.2) is 0 Å². The van der Waals surface area contributed by atoms with Crippen molar-refractivity contribution in [3.8, 4) is 0 Å². The molecule has 7 heteroatoms. The van der Waals surface area contributed by atoms with Crippen LogP contribution in [0.5, 0.6) is 0 Å². The van der Waals surface area contributed by atoms with Crippen molar-refractivity contribution in [3.05, 3.63) is 63.7 Å². The van der Waals surface area contributed by atoms with Crippen molar-refractivity contribution >= 4 is 29.1 Å². The number of thioether (sulfide) groups is 1. The molecule has 0 N–H and O–H groups in total. The Bertz CT molecular complexity index is 854. The monoisotopic (exact) mass is 400 g/mol. The molecule has 0 saturated carbocycles. The molecule has 28 heavy (non-hydrogen) atoms. The molecule has 0 bridgehead atoms. The van der Waals surface area contributed by atoms with Gasteiger partial charge in [0, 0.05) is 24.1 Å². The van der Waals surface area contributed by atoms with Gasteiger partial charge in [-0.05, 0) is 54.8 Å². The third-order valence-electron chi connectivity index (χ3n) is 4.93. The number of esters is 1. The summed E-state index contributed by atoms with van der Waals surface area (Å²) in [5.41, 5.74) is 1.59. The number of carbonyl (C=O) groups excluding carboxylic acids is 1. The molecular weight excluding hydrogens is 376 g/mol. The fourth-order valence-corrected chi connectivity index (χ4v) is 3.83. The molecule has 2 aromatic rings. The quantitative estimate of drug-likeness (QED) is 0.297. The molecule has 1 atom stereocenters. The molecule has 1 aliphatic rings. The lowest BCUT2D eigenvalue weighted by atomic mass is 9.99. The van der Waals surface area contributed by atoms with Crippen LogP contribution in [0, 0.1) is 16.0 Å². The fraction of sp³-hybridized carbons (Fsp3) is 0.381. The lowest BCUT2D eigenvalue weighted by molar-refractivity contribution is -0.384. The van der Waals surface area contributed by atoms with Gasteiger partial charge in [0.05, 0.1) is 10.5 Å². The number of carbonyl (C=O) groups is 1. The van der Waals surface area contributed by atoms with Crippen molar-refractivity contribution in [1.29, 1.82) is 0 Å². The van der Waals surface area contributed by atoms with E-state index in [1.807, 2.05) is 35.4 Å². The zero-order valence-electron chi connectivity index (χ0n) is 16.1. The van der Waals surface area contributed by atoms with E-state index in [9.17, 15) is 14.9 Å². The van der Waals surface area contributed by atoms with Crippen LogP contribution in [-0.2, 0) is 11.3 Å². The number of nitro benzene ring substituents is 1. The Balaban J connectivity index is 1.73. The Labute approximate surface area is 169 Å². The smallest absolute Gasteiger partial charge is 0.338 e. The Morgan fingerprint density at radius 2 is 2.04 bits per heavy atom. The Morgan fingerprint density at radius 3 is 2.68 bits per heavy atom. The maximum Gasteiger partial charge on any atom is 0.338 e. The molecule has 148 valence electrons. The summed E-state index contributed by atoms with van der Waals surface area (Å²) in [7, 11) is 0. The Hall–Kier alpha value is -2.54. The second-order valence-electron chi connectivity index (χ2n) is 7.08. The number of piperidine rings is 1. The van der Waals surface area contributed by atoms with Crippen LogP contribution in [0.2, 0.25) is 0 Å². The number of nitro groups is 1. The topological polar surface area (TPSA) is 72.7 Å². The molecule has 0 unspecified atom stereocenters. The van der Waals surface area contributed by atoms with Gasteiger partial charge in [-0.15, -0.1) is 11.8 Å². The second kappa shape index (κ2) is 9.10. The van der Waals surface area contributed by atoms with Gasteiger partial charge in [0.1, 0.15) is 12.3 Å². The molecule has 3 rings (SSSR count). The highest BCUT2D eigenvalue weighted by Crippen LogP contribution is 2.32. The Kier molecular flexibility index (Phi) is 6.57. The van der Waals surface area contributed by atoms with E-state index in [0.29, 0.717) is 11.6 Å². The lowest BCUT2D eigenvalue weighted by Gasteiger charge is -2.32. The molecule has 1 heterocycles. The predicted molar refractivity (Wildman–Crippen MR) is 111 cm³/mol. The normalized spacial score (nSPS) is 16.6. The van der Waals surface area contributed by atoms with Crippen molar-refractivity contribution < 1.29 is 14.5 Å². The van der Waals surface area contributed by atoms with Crippen LogP contribution in [0.3, 0.4) is 0 Å². The van der Waals surface area contributed by atoms with Crippen LogP contribution < -0.4 is 4.90 Å². The third kappa shape index (κ3) is 4.84. The van der Waals surface area contributed by atoms with E-state index >= 15 is 0 Å². The molecule has 1 saturated heterocycles. The SMILES string of the molecule is CSc1ccc(COC(=O)c2ccc(N3CCC[C@H](C)C3)c([N+](=O)[O-])c2)cc1. The molecule has 6 nitrogen and oxygen atoms in total. The van der Waals surface area contributed by atoms with E-state index in [4.69, 9.17) is 4.74 Å². The molecule has 0 spiro atoms. The highest BCUT2D eigenvalue weighted by molar-refractivity contribution is 7.98. The van der Waals surface area contributed by atoms with Gasteiger partial charge in [-0.25, -0.2) is 4.79 Å². The zero-order chi connectivity index (χ0) is 20.1. The summed E-state index contributed by atoms with van der Waals surface area (Å²) in [5.74, 6) is -0.0638. The van der Waals surface area contributed by atoms with E-state index in [-0.39, 0.29) is 17.9 Å². The van der Waals surface area contributed by atoms with Gasteiger partial charge < -0.3 is 9.64 Å². The second-order valence-corrected chi connectivity index (χ2v) is 7.96. The van der Waals surface area contributed by atoms with E-state index in [0.717, 1.165) is 36.4 Å². The van der Waals surface area contributed by atoms with Crippen molar-refractivity contribution in [1.82, 2.24) is 0 Å². The molecule has 0 amide bonds. The number of hydrogen-bond donors (Lipinski definition) is 0. The summed E-state index contributed by atoms with van der Waals surface area (Å²) in [6, 6.07) is 12.3. The largest absolute Gasteiger partial charge is 0.457 e. The minimum absolute atomic E-state index is 0.0483. The van der Waals surface area contributed by atoms with Crippen molar-refractivity contribution in [2.24, 2.45) is 5.92 Å². The average molecular weight is 401 g/mol. The first-order chi connectivity index (χ1) is 13.5. The lowest BCUT2D eigenvalue weighted by Crippen LogP contribution is -2.34. The number of ether oxygens (including phenoxy) is 1. The summed E-state index contributed by atoms with van der Waals surface area (Å²) in [6.07, 6.45) is 4.14. The Morgan fingerprint density at radius 1 is 1.29 bits per heavy atom. The van der Waals surface area contributed by atoms with E-state index in [1.165, 1.54) is 6.07 Å². The molecular formula is C21H24N2O4S. The van der Waals surface area contributed by atoms with Gasteiger partial charge in [0.25, 0.3) is 5.69 Å². The van der Waals surface area contributed by atoms with Gasteiger partial charge in [-0.2, -0.15) is 0 Å². The van der Waals surface area contributed by atoms with Crippen LogP contribution in [-0.4, -0.2) is 30.2 Å². The minimum atomic E-state index is -0.560. The number of rotatable bonds is 6. The maximum atomic E-state index is 12.4. The third-order valence-corrected chi connectivity index (χ3v) is 5.68. The summed E-state index contributed by atoms with van der Waals surface area (Å²) in [6.45, 7) is 3.86. The number of benzene rings is 2. The zero-order valence-corrected chi connectivity index (χ0v) is 16.9. The molecule has 0 aromatic heterocycles. The highest BCUT2D eigenvalue weighted by atomic mass is 32.2. The molecule has 0 aliphatic carbocycles. The predicted octanol–water partition coefficient (Wildman–Crippen LogP) is 4.91. The average Bonchev–Trinajstić information content (AvgIpc) is 2.72. The number of anilines is 1. The molecule has 1 aliphatic heterocycles. The first-order valence-corrected chi connectivity index (χ1v) is 10.5. The number of hydrogen-bond acceptors (Lipinski definition) is 6. The van der Waals surface area contributed by atoms with E-state index < -0.39 is 10.9 Å². The van der Waals surface area contributed by atoms with Crippen LogP contribution in [0.25, 0.3) is 0 Å². The highest BCUT2D eigenvalue weighted by Gasteiger charge is 2.25. The summed E-state index contributed by atoms with van der Waals surface area (Å²) in [5, 5.41) is 11.6. The van der Waals surface area contributed by atoms with Gasteiger partial charge in [0.2, 0.25) is 0 Å². The van der Waals surface area contributed by atoms with Crippen LogP contribution >= 0.6 is 11.8 Å². The standard InChI is InChI=1S/C21H24N2O4S/c1-15-4-3-11-22(13-15)19-10-7-17(12-20(19)23(25)26)21(24)27-14-16-5-8-18(28-2)9-6-16/h5-10,12,15H,3-4,11,13-14H2,1-2H3/t15-/m0/s1. The van der Waals surface area contributed by atoms with Crippen LogP contribution in [0.1, 0.15) is 35.7 Å². The van der Waals surface area contributed by atoms with Gasteiger partial charge in [-0.3, -0.25) is 10.1 Å². The summed E-state index contributed by atoms with van der Waals surface area (Å²) in [4.78, 5) is 26.7. The van der Waals surface area contributed by atoms with Crippen LogP contribution in [0.4, 0.5) is 11.4 Å². The molecule has 1 fully saturated rings. The van der Waals surface area contributed by atoms with Gasteiger partial charge in [-0.1, -0.05) is 19.1 Å². The fourth-order valence-electron chi connectivity index (χ4n) is 3.43. The van der Waals surface area contributed by atoms with E-state index in [2.05, 4.69) is 6.92 Å². The van der Waals surface area contributed by atoms with Crippen LogP contribution in [0.15, 0.2) is 47.4 Å². The first kappa shape index (κ1) is 20.2. The van der Waals surface area contributed by atoms with E-state index in [1.54, 1.807) is 23.9 Å². The molecule has 0 radical (unpaired) electrons. The van der Waals surface area contributed by atoms with Crippen molar-refractivity contribution in [3.63, 3.8) is 0 Å². The first-order valence-electron chi connectivity index (χ1n) is 9.31. The van der Waals surface area contributed by atoms with Crippen molar-refractivity contribution in [2.45, 2.75) is 31.3 Å². The molecule has 2 aromatic carbocycles. The minimum Gasteiger partial charge on any atom is -0.457 e. The summed E-state index contributed by atoms with van der Waals surface area (Å²) >= 11 is 1.64. The van der Waals surface area contributed by atoms with Crippen molar-refractivity contribution in [2.75, 3.05) is 24.2 Å². The maximum absolute atomic E-state index is 12.4. The number of nitrogens with zero attached hydrogens (tertiary/aromatic N) is 2. The van der Waals surface area contributed by atoms with Gasteiger partial charge >= 0.3 is 5.97 Å². The summed E-state index contributed by atoms with van der Waals surface area (Å²) < 4.78 is 5.34.